The summed E-state index contributed by atoms with van der Waals surface area (Å²) in [7, 11) is 0. The molecule has 0 aromatic heterocycles. The number of aryl methyl sites for hydroxylation is 1. The van der Waals surface area contributed by atoms with E-state index in [9.17, 15) is 9.59 Å². The second kappa shape index (κ2) is 6.61. The van der Waals surface area contributed by atoms with E-state index in [1.54, 1.807) is 19.1 Å². The number of amides is 2. The Morgan fingerprint density at radius 1 is 1.29 bits per heavy atom. The number of urea groups is 1. The average molecular weight is 290 g/mol. The van der Waals surface area contributed by atoms with Crippen LogP contribution in [0.2, 0.25) is 0 Å². The number of aromatic carboxylic acids is 1. The number of carboxylic acid groups (broad SMARTS) is 1. The summed E-state index contributed by atoms with van der Waals surface area (Å²) in [5, 5.41) is 14.7. The van der Waals surface area contributed by atoms with Crippen molar-refractivity contribution < 1.29 is 14.7 Å². The fourth-order valence-electron chi connectivity index (χ4n) is 2.88. The number of hydrogen-bond acceptors (Lipinski definition) is 2. The third kappa shape index (κ3) is 3.97. The van der Waals surface area contributed by atoms with Crippen molar-refractivity contribution in [1.29, 1.82) is 0 Å². The quantitative estimate of drug-likeness (QED) is 0.795. The van der Waals surface area contributed by atoms with Crippen molar-refractivity contribution in [3.63, 3.8) is 0 Å². The lowest BCUT2D eigenvalue weighted by Gasteiger charge is -2.20. The molecule has 3 N–H and O–H groups in total. The number of nitrogens with one attached hydrogen (secondary N) is 2. The molecule has 1 aromatic carbocycles. The molecule has 114 valence electrons. The minimum absolute atomic E-state index is 0.136. The van der Waals surface area contributed by atoms with Gasteiger partial charge in [0.05, 0.1) is 5.56 Å². The highest BCUT2D eigenvalue weighted by molar-refractivity contribution is 5.94. The van der Waals surface area contributed by atoms with Gasteiger partial charge in [0.1, 0.15) is 0 Å². The number of carbonyl (C=O) groups is 2. The molecule has 1 aliphatic carbocycles. The van der Waals surface area contributed by atoms with Crippen LogP contribution in [0.15, 0.2) is 18.2 Å². The predicted molar refractivity (Wildman–Crippen MR) is 81.7 cm³/mol. The molecule has 0 saturated heterocycles. The summed E-state index contributed by atoms with van der Waals surface area (Å²) in [6.45, 7) is 3.75. The Bertz CT molecular complexity index is 536. The van der Waals surface area contributed by atoms with Crippen molar-refractivity contribution in [2.24, 2.45) is 5.92 Å². The smallest absolute Gasteiger partial charge is 0.336 e. The molecule has 0 bridgehead atoms. The highest BCUT2D eigenvalue weighted by Crippen LogP contribution is 2.27. The van der Waals surface area contributed by atoms with Gasteiger partial charge in [-0.2, -0.15) is 0 Å². The first kappa shape index (κ1) is 15.4. The highest BCUT2D eigenvalue weighted by atomic mass is 16.4. The molecule has 0 radical (unpaired) electrons. The first-order valence-corrected chi connectivity index (χ1v) is 7.39. The molecule has 1 aliphatic rings. The molecule has 0 aliphatic heterocycles. The Morgan fingerprint density at radius 2 is 1.95 bits per heavy atom. The van der Waals surface area contributed by atoms with Crippen LogP contribution >= 0.6 is 0 Å². The van der Waals surface area contributed by atoms with E-state index in [0.29, 0.717) is 17.2 Å². The maximum atomic E-state index is 12.0. The van der Waals surface area contributed by atoms with Gasteiger partial charge in [-0.25, -0.2) is 9.59 Å². The highest BCUT2D eigenvalue weighted by Gasteiger charge is 2.22. The van der Waals surface area contributed by atoms with E-state index in [1.807, 2.05) is 6.92 Å². The molecule has 5 nitrogen and oxygen atoms in total. The summed E-state index contributed by atoms with van der Waals surface area (Å²) in [5.74, 6) is -0.445. The molecule has 1 unspecified atom stereocenters. The molecule has 1 atom stereocenters. The van der Waals surface area contributed by atoms with Gasteiger partial charge in [0, 0.05) is 11.7 Å². The second-order valence-electron chi connectivity index (χ2n) is 5.77. The lowest BCUT2D eigenvalue weighted by molar-refractivity contribution is 0.0696. The average Bonchev–Trinajstić information content (AvgIpc) is 2.94. The molecule has 1 aromatic rings. The predicted octanol–water partition coefficient (Wildman–Crippen LogP) is 3.39. The topological polar surface area (TPSA) is 78.4 Å². The van der Waals surface area contributed by atoms with Gasteiger partial charge in [0.2, 0.25) is 0 Å². The third-order valence-corrected chi connectivity index (χ3v) is 4.19. The summed E-state index contributed by atoms with van der Waals surface area (Å²) in [4.78, 5) is 23.1. The molecule has 1 fully saturated rings. The van der Waals surface area contributed by atoms with Crippen molar-refractivity contribution >= 4 is 17.7 Å². The number of benzene rings is 1. The van der Waals surface area contributed by atoms with E-state index in [2.05, 4.69) is 10.6 Å². The Labute approximate surface area is 124 Å². The number of carbonyl (C=O) groups excluding carboxylic acids is 1. The summed E-state index contributed by atoms with van der Waals surface area (Å²) in [6.07, 6.45) is 4.79. The molecular formula is C16H22N2O3. The normalized spacial score (nSPS) is 16.5. The van der Waals surface area contributed by atoms with Crippen LogP contribution in [0.3, 0.4) is 0 Å². The molecular weight excluding hydrogens is 268 g/mol. The van der Waals surface area contributed by atoms with E-state index >= 15 is 0 Å². The van der Waals surface area contributed by atoms with Crippen molar-refractivity contribution in [3.05, 3.63) is 29.3 Å². The van der Waals surface area contributed by atoms with Crippen LogP contribution in [-0.2, 0) is 0 Å². The standard InChI is InChI=1S/C16H22N2O3/c1-10-7-8-13(9-14(10)15(19)20)18-16(21)17-11(2)12-5-3-4-6-12/h7-9,11-12H,3-6H2,1-2H3,(H,19,20)(H2,17,18,21). The lowest BCUT2D eigenvalue weighted by atomic mass is 10.0. The van der Waals surface area contributed by atoms with Crippen LogP contribution in [-0.4, -0.2) is 23.1 Å². The number of carboxylic acids is 1. The van der Waals surface area contributed by atoms with Crippen LogP contribution in [0.25, 0.3) is 0 Å². The lowest BCUT2D eigenvalue weighted by Crippen LogP contribution is -2.39. The Kier molecular flexibility index (Phi) is 4.83. The fourth-order valence-corrected chi connectivity index (χ4v) is 2.88. The molecule has 5 heteroatoms. The summed E-state index contributed by atoms with van der Waals surface area (Å²) in [6, 6.07) is 4.74. The van der Waals surface area contributed by atoms with Crippen LogP contribution in [0.4, 0.5) is 10.5 Å². The van der Waals surface area contributed by atoms with E-state index in [0.717, 1.165) is 12.8 Å². The maximum Gasteiger partial charge on any atom is 0.336 e. The number of anilines is 1. The molecule has 2 rings (SSSR count). The summed E-state index contributed by atoms with van der Waals surface area (Å²) in [5.41, 5.74) is 1.37. The molecule has 1 saturated carbocycles. The van der Waals surface area contributed by atoms with Crippen molar-refractivity contribution in [1.82, 2.24) is 5.32 Å². The van der Waals surface area contributed by atoms with Crippen LogP contribution in [0.5, 0.6) is 0 Å². The van der Waals surface area contributed by atoms with E-state index in [-0.39, 0.29) is 17.6 Å². The molecule has 0 spiro atoms. The van der Waals surface area contributed by atoms with Crippen LogP contribution < -0.4 is 10.6 Å². The zero-order valence-electron chi connectivity index (χ0n) is 12.5. The minimum Gasteiger partial charge on any atom is -0.478 e. The third-order valence-electron chi connectivity index (χ3n) is 4.19. The van der Waals surface area contributed by atoms with Gasteiger partial charge in [-0.1, -0.05) is 18.9 Å². The zero-order chi connectivity index (χ0) is 15.4. The van der Waals surface area contributed by atoms with Crippen molar-refractivity contribution in [3.8, 4) is 0 Å². The van der Waals surface area contributed by atoms with E-state index in [4.69, 9.17) is 5.11 Å². The zero-order valence-corrected chi connectivity index (χ0v) is 12.5. The first-order valence-electron chi connectivity index (χ1n) is 7.39. The van der Waals surface area contributed by atoms with E-state index in [1.165, 1.54) is 18.9 Å². The maximum absolute atomic E-state index is 12.0. The Morgan fingerprint density at radius 3 is 2.57 bits per heavy atom. The van der Waals surface area contributed by atoms with Crippen LogP contribution in [0.1, 0.15) is 48.5 Å². The molecule has 0 heterocycles. The fraction of sp³-hybridized carbons (Fsp3) is 0.500. The van der Waals surface area contributed by atoms with Gasteiger partial charge in [-0.15, -0.1) is 0 Å². The summed E-state index contributed by atoms with van der Waals surface area (Å²) >= 11 is 0. The SMILES string of the molecule is Cc1ccc(NC(=O)NC(C)C2CCCC2)cc1C(=O)O. The molecule has 21 heavy (non-hydrogen) atoms. The Hall–Kier alpha value is -2.04. The van der Waals surface area contributed by atoms with E-state index < -0.39 is 5.97 Å². The minimum atomic E-state index is -0.990. The summed E-state index contributed by atoms with van der Waals surface area (Å²) < 4.78 is 0. The molecule has 2 amide bonds. The first-order chi connectivity index (χ1) is 9.97. The van der Waals surface area contributed by atoms with Crippen molar-refractivity contribution in [2.45, 2.75) is 45.6 Å². The largest absolute Gasteiger partial charge is 0.478 e. The number of hydrogen-bond donors (Lipinski definition) is 3. The van der Waals surface area contributed by atoms with Gasteiger partial charge >= 0.3 is 12.0 Å². The second-order valence-corrected chi connectivity index (χ2v) is 5.77. The van der Waals surface area contributed by atoms with Crippen molar-refractivity contribution in [2.75, 3.05) is 5.32 Å². The Balaban J connectivity index is 1.96. The van der Waals surface area contributed by atoms with Gasteiger partial charge < -0.3 is 15.7 Å². The van der Waals surface area contributed by atoms with Crippen LogP contribution in [0, 0.1) is 12.8 Å². The monoisotopic (exact) mass is 290 g/mol. The van der Waals surface area contributed by atoms with Gasteiger partial charge in [-0.05, 0) is 50.3 Å². The van der Waals surface area contributed by atoms with Gasteiger partial charge in [-0.3, -0.25) is 0 Å². The van der Waals surface area contributed by atoms with Gasteiger partial charge in [0.25, 0.3) is 0 Å². The van der Waals surface area contributed by atoms with Gasteiger partial charge in [0.15, 0.2) is 0 Å². The number of rotatable bonds is 4.